The van der Waals surface area contributed by atoms with Crippen LogP contribution in [0.3, 0.4) is 0 Å². The number of ether oxygens (including phenoxy) is 1. The molecule has 0 aliphatic carbocycles. The third-order valence-corrected chi connectivity index (χ3v) is 5.02. The van der Waals surface area contributed by atoms with Crippen molar-refractivity contribution in [1.29, 1.82) is 0 Å². The van der Waals surface area contributed by atoms with E-state index in [2.05, 4.69) is 0 Å². The molecule has 0 fully saturated rings. The molecule has 1 aliphatic rings. The lowest BCUT2D eigenvalue weighted by Gasteiger charge is -2.15. The summed E-state index contributed by atoms with van der Waals surface area (Å²) in [7, 11) is 0. The number of amides is 1. The largest absolute Gasteiger partial charge is 0.481 e. The third-order valence-electron chi connectivity index (χ3n) is 5.02. The predicted molar refractivity (Wildman–Crippen MR) is 109 cm³/mol. The fraction of sp³-hybridized carbons (Fsp3) is 0.167. The lowest BCUT2D eigenvalue weighted by Crippen LogP contribution is -2.26. The van der Waals surface area contributed by atoms with E-state index in [0.29, 0.717) is 13.1 Å². The van der Waals surface area contributed by atoms with Gasteiger partial charge in [0.2, 0.25) is 0 Å². The molecule has 146 valence electrons. The summed E-state index contributed by atoms with van der Waals surface area (Å²) >= 11 is 0. The van der Waals surface area contributed by atoms with Gasteiger partial charge < -0.3 is 9.84 Å². The minimum Gasteiger partial charge on any atom is -0.481 e. The van der Waals surface area contributed by atoms with Crippen LogP contribution in [0, 0.1) is 0 Å². The van der Waals surface area contributed by atoms with Gasteiger partial charge in [-0.15, -0.1) is 0 Å². The zero-order chi connectivity index (χ0) is 20.2. The summed E-state index contributed by atoms with van der Waals surface area (Å²) in [5.74, 6) is -0.874. The van der Waals surface area contributed by atoms with Gasteiger partial charge in [0.25, 0.3) is 0 Å². The van der Waals surface area contributed by atoms with E-state index in [1.54, 1.807) is 4.90 Å². The fourth-order valence-electron chi connectivity index (χ4n) is 3.67. The van der Waals surface area contributed by atoms with E-state index in [-0.39, 0.29) is 19.1 Å². The van der Waals surface area contributed by atoms with Crippen LogP contribution in [0.15, 0.2) is 72.8 Å². The zero-order valence-corrected chi connectivity index (χ0v) is 15.9. The van der Waals surface area contributed by atoms with Gasteiger partial charge in [-0.1, -0.05) is 72.8 Å². The lowest BCUT2D eigenvalue weighted by atomic mass is 9.93. The summed E-state index contributed by atoms with van der Waals surface area (Å²) in [4.78, 5) is 25.5. The number of carbonyl (C=O) groups is 2. The van der Waals surface area contributed by atoms with Crippen molar-refractivity contribution in [2.24, 2.45) is 0 Å². The fourth-order valence-corrected chi connectivity index (χ4v) is 3.67. The Morgan fingerprint density at radius 3 is 2.28 bits per heavy atom. The van der Waals surface area contributed by atoms with Crippen LogP contribution in [0.4, 0.5) is 4.79 Å². The first-order chi connectivity index (χ1) is 14.1. The summed E-state index contributed by atoms with van der Waals surface area (Å²) in [5, 5.41) is 9.21. The topological polar surface area (TPSA) is 66.8 Å². The molecule has 0 bridgehead atoms. The smallest absolute Gasteiger partial charge is 0.410 e. The van der Waals surface area contributed by atoms with Crippen molar-refractivity contribution in [2.45, 2.75) is 26.1 Å². The van der Waals surface area contributed by atoms with Crippen LogP contribution in [-0.4, -0.2) is 22.1 Å². The summed E-state index contributed by atoms with van der Waals surface area (Å²) in [6, 6.07) is 23.2. The van der Waals surface area contributed by atoms with E-state index in [4.69, 9.17) is 4.74 Å². The minimum atomic E-state index is -0.874. The highest BCUT2D eigenvalue weighted by atomic mass is 16.6. The average Bonchev–Trinajstić information content (AvgIpc) is 3.16. The second-order valence-electron chi connectivity index (χ2n) is 7.11. The van der Waals surface area contributed by atoms with E-state index in [1.807, 2.05) is 72.8 Å². The van der Waals surface area contributed by atoms with E-state index in [9.17, 15) is 14.7 Å². The number of carboxylic acid groups (broad SMARTS) is 1. The van der Waals surface area contributed by atoms with Gasteiger partial charge in [0.1, 0.15) is 6.61 Å². The Morgan fingerprint density at radius 1 is 0.897 bits per heavy atom. The first kappa shape index (κ1) is 18.7. The van der Waals surface area contributed by atoms with Crippen LogP contribution >= 0.6 is 0 Å². The Balaban J connectivity index is 1.57. The van der Waals surface area contributed by atoms with E-state index >= 15 is 0 Å². The maximum absolute atomic E-state index is 12.6. The maximum Gasteiger partial charge on any atom is 0.410 e. The number of aliphatic carboxylic acids is 1. The molecule has 29 heavy (non-hydrogen) atoms. The average molecular weight is 387 g/mol. The zero-order valence-electron chi connectivity index (χ0n) is 15.9. The van der Waals surface area contributed by atoms with Gasteiger partial charge in [0.15, 0.2) is 0 Å². The highest BCUT2D eigenvalue weighted by Crippen LogP contribution is 2.34. The SMILES string of the molecule is O=C(O)Cc1cc2c(c(-c3ccccc3)c1)CN(C(=O)OCc1ccccc1)C2. The Kier molecular flexibility index (Phi) is 5.29. The predicted octanol–water partition coefficient (Wildman–Crippen LogP) is 4.63. The molecule has 3 aromatic carbocycles. The second-order valence-corrected chi connectivity index (χ2v) is 7.11. The summed E-state index contributed by atoms with van der Waals surface area (Å²) in [5.41, 5.74) is 5.66. The number of carbonyl (C=O) groups excluding carboxylic acids is 1. The summed E-state index contributed by atoms with van der Waals surface area (Å²) in [6.07, 6.45) is -0.421. The lowest BCUT2D eigenvalue weighted by molar-refractivity contribution is -0.136. The summed E-state index contributed by atoms with van der Waals surface area (Å²) < 4.78 is 5.48. The number of benzene rings is 3. The van der Waals surface area contributed by atoms with Crippen LogP contribution < -0.4 is 0 Å². The standard InChI is InChI=1S/C24H21NO4/c26-23(27)13-18-11-20-14-25(24(28)29-16-17-7-3-1-4-8-17)15-22(20)21(12-18)19-9-5-2-6-10-19/h1-12H,13-16H2,(H,26,27). The number of hydrogen-bond donors (Lipinski definition) is 1. The Hall–Kier alpha value is -3.60. The monoisotopic (exact) mass is 387 g/mol. The molecule has 3 aromatic rings. The van der Waals surface area contributed by atoms with Gasteiger partial charge in [-0.25, -0.2) is 4.79 Å². The van der Waals surface area contributed by atoms with Crippen LogP contribution in [0.5, 0.6) is 0 Å². The maximum atomic E-state index is 12.6. The third kappa shape index (κ3) is 4.29. The van der Waals surface area contributed by atoms with E-state index in [1.165, 1.54) is 0 Å². The van der Waals surface area contributed by atoms with Gasteiger partial charge in [-0.3, -0.25) is 9.69 Å². The second kappa shape index (κ2) is 8.19. The molecule has 0 unspecified atom stereocenters. The molecule has 0 saturated carbocycles. The van der Waals surface area contributed by atoms with Gasteiger partial charge >= 0.3 is 12.1 Å². The van der Waals surface area contributed by atoms with Crippen molar-refractivity contribution in [2.75, 3.05) is 0 Å². The Bertz CT molecular complexity index is 1030. The van der Waals surface area contributed by atoms with Gasteiger partial charge in [0.05, 0.1) is 13.0 Å². The molecule has 0 atom stereocenters. The molecule has 4 rings (SSSR count). The van der Waals surface area contributed by atoms with Crippen molar-refractivity contribution < 1.29 is 19.4 Å². The van der Waals surface area contributed by atoms with Crippen LogP contribution in [0.2, 0.25) is 0 Å². The quantitative estimate of drug-likeness (QED) is 0.693. The molecule has 0 saturated heterocycles. The first-order valence-corrected chi connectivity index (χ1v) is 9.47. The number of fused-ring (bicyclic) bond motifs is 1. The normalized spacial score (nSPS) is 12.5. The van der Waals surface area contributed by atoms with Gasteiger partial charge in [-0.2, -0.15) is 0 Å². The van der Waals surface area contributed by atoms with Gasteiger partial charge in [-0.05, 0) is 33.4 Å². The molecular formula is C24H21NO4. The molecule has 1 aliphatic heterocycles. The Labute approximate surface area is 169 Å². The molecule has 1 heterocycles. The number of rotatable bonds is 5. The molecule has 0 radical (unpaired) electrons. The Morgan fingerprint density at radius 2 is 1.59 bits per heavy atom. The number of nitrogens with zero attached hydrogens (tertiary/aromatic N) is 1. The van der Waals surface area contributed by atoms with Crippen molar-refractivity contribution in [3.63, 3.8) is 0 Å². The highest BCUT2D eigenvalue weighted by Gasteiger charge is 2.28. The molecule has 0 aromatic heterocycles. The van der Waals surface area contributed by atoms with Crippen molar-refractivity contribution >= 4 is 12.1 Å². The van der Waals surface area contributed by atoms with E-state index < -0.39 is 5.97 Å². The van der Waals surface area contributed by atoms with Crippen LogP contribution in [0.1, 0.15) is 22.3 Å². The van der Waals surface area contributed by atoms with Gasteiger partial charge in [0, 0.05) is 6.54 Å². The van der Waals surface area contributed by atoms with Crippen LogP contribution in [0.25, 0.3) is 11.1 Å². The van der Waals surface area contributed by atoms with Crippen molar-refractivity contribution in [1.82, 2.24) is 4.90 Å². The van der Waals surface area contributed by atoms with Crippen molar-refractivity contribution in [3.8, 4) is 11.1 Å². The summed E-state index contributed by atoms with van der Waals surface area (Å²) in [6.45, 7) is 1.08. The van der Waals surface area contributed by atoms with Crippen LogP contribution in [-0.2, 0) is 35.6 Å². The molecule has 1 amide bonds. The minimum absolute atomic E-state index is 0.0500. The molecular weight excluding hydrogens is 366 g/mol. The van der Waals surface area contributed by atoms with Crippen molar-refractivity contribution in [3.05, 3.63) is 95.1 Å². The molecule has 5 nitrogen and oxygen atoms in total. The number of hydrogen-bond acceptors (Lipinski definition) is 3. The molecule has 5 heteroatoms. The van der Waals surface area contributed by atoms with E-state index in [0.717, 1.165) is 33.4 Å². The molecule has 0 spiro atoms. The first-order valence-electron chi connectivity index (χ1n) is 9.47. The highest BCUT2D eigenvalue weighted by molar-refractivity contribution is 5.76. The molecule has 1 N–H and O–H groups in total. The number of carboxylic acids is 1.